The summed E-state index contributed by atoms with van der Waals surface area (Å²) in [7, 11) is 0. The molecule has 21 heavy (non-hydrogen) atoms. The van der Waals surface area contributed by atoms with Crippen LogP contribution in [0, 0.1) is 5.92 Å². The van der Waals surface area contributed by atoms with Crippen molar-refractivity contribution in [3.05, 3.63) is 28.8 Å². The van der Waals surface area contributed by atoms with Gasteiger partial charge >= 0.3 is 0 Å². The van der Waals surface area contributed by atoms with Crippen molar-refractivity contribution >= 4 is 11.6 Å². The lowest BCUT2D eigenvalue weighted by atomic mass is 9.79. The molecule has 2 rings (SSSR count). The minimum Gasteiger partial charge on any atom is -0.494 e. The van der Waals surface area contributed by atoms with E-state index >= 15 is 0 Å². The molecule has 0 aromatic heterocycles. The number of nitrogens with zero attached hydrogens (tertiary/aromatic N) is 1. The first-order chi connectivity index (χ1) is 10.2. The van der Waals surface area contributed by atoms with Crippen molar-refractivity contribution in [3.63, 3.8) is 0 Å². The Morgan fingerprint density at radius 2 is 2.05 bits per heavy atom. The number of benzene rings is 1. The first-order valence-corrected chi connectivity index (χ1v) is 8.42. The van der Waals surface area contributed by atoms with Crippen molar-refractivity contribution in [1.82, 2.24) is 4.90 Å². The van der Waals surface area contributed by atoms with Crippen molar-refractivity contribution in [2.75, 3.05) is 32.8 Å². The van der Waals surface area contributed by atoms with Gasteiger partial charge in [0.25, 0.3) is 0 Å². The maximum Gasteiger partial charge on any atom is 0.122 e. The Kier molecular flexibility index (Phi) is 6.34. The maximum atomic E-state index is 6.20. The molecule has 4 heteroatoms. The fraction of sp³-hybridized carbons (Fsp3) is 0.647. The van der Waals surface area contributed by atoms with E-state index in [4.69, 9.17) is 22.1 Å². The second-order valence-electron chi connectivity index (χ2n) is 5.73. The molecule has 1 aromatic rings. The summed E-state index contributed by atoms with van der Waals surface area (Å²) in [6.45, 7) is 9.03. The summed E-state index contributed by atoms with van der Waals surface area (Å²) in [4.78, 5) is 2.51. The van der Waals surface area contributed by atoms with Gasteiger partial charge in [-0.3, -0.25) is 0 Å². The highest BCUT2D eigenvalue weighted by molar-refractivity contribution is 6.30. The quantitative estimate of drug-likeness (QED) is 0.874. The van der Waals surface area contributed by atoms with Gasteiger partial charge in [0.1, 0.15) is 5.75 Å². The van der Waals surface area contributed by atoms with Crippen LogP contribution in [-0.2, 0) is 0 Å². The predicted molar refractivity (Wildman–Crippen MR) is 89.3 cm³/mol. The second-order valence-corrected chi connectivity index (χ2v) is 6.17. The van der Waals surface area contributed by atoms with Crippen LogP contribution < -0.4 is 10.5 Å². The summed E-state index contributed by atoms with van der Waals surface area (Å²) >= 11 is 6.20. The van der Waals surface area contributed by atoms with E-state index in [1.807, 2.05) is 25.1 Å². The molecule has 0 saturated carbocycles. The Hall–Kier alpha value is -0.770. The molecule has 3 nitrogen and oxygen atoms in total. The molecule has 1 fully saturated rings. The van der Waals surface area contributed by atoms with E-state index < -0.39 is 0 Å². The fourth-order valence-corrected chi connectivity index (χ4v) is 3.52. The highest BCUT2D eigenvalue weighted by Gasteiger charge is 2.28. The Morgan fingerprint density at radius 3 is 2.62 bits per heavy atom. The smallest absolute Gasteiger partial charge is 0.122 e. The van der Waals surface area contributed by atoms with Gasteiger partial charge in [-0.15, -0.1) is 0 Å². The molecular formula is C17H27ClN2O. The lowest BCUT2D eigenvalue weighted by Gasteiger charge is -2.36. The van der Waals surface area contributed by atoms with Gasteiger partial charge in [-0.25, -0.2) is 0 Å². The molecule has 1 aliphatic heterocycles. The van der Waals surface area contributed by atoms with Gasteiger partial charge < -0.3 is 15.4 Å². The standard InChI is InChI=1S/C17H27ClN2O/c1-3-20-9-7-13(8-10-20)16(12-19)15-11-14(18)5-6-17(15)21-4-2/h5-6,11,13,16H,3-4,7-10,12,19H2,1-2H3. The number of nitrogens with two attached hydrogens (primary N) is 1. The van der Waals surface area contributed by atoms with Crippen LogP contribution in [0.3, 0.4) is 0 Å². The average Bonchev–Trinajstić information content (AvgIpc) is 2.51. The molecule has 1 saturated heterocycles. The Bertz CT molecular complexity index is 444. The minimum atomic E-state index is 0.337. The highest BCUT2D eigenvalue weighted by Crippen LogP contribution is 2.38. The number of piperidine rings is 1. The van der Waals surface area contributed by atoms with Crippen LogP contribution >= 0.6 is 11.6 Å². The lowest BCUT2D eigenvalue weighted by Crippen LogP contribution is -2.37. The molecule has 1 aromatic carbocycles. The molecule has 0 bridgehead atoms. The predicted octanol–water partition coefficient (Wildman–Crippen LogP) is 3.51. The van der Waals surface area contributed by atoms with E-state index in [0.29, 0.717) is 25.0 Å². The number of ether oxygens (including phenoxy) is 1. The van der Waals surface area contributed by atoms with Crippen LogP contribution in [0.25, 0.3) is 0 Å². The monoisotopic (exact) mass is 310 g/mol. The summed E-state index contributed by atoms with van der Waals surface area (Å²) < 4.78 is 5.78. The summed E-state index contributed by atoms with van der Waals surface area (Å²) in [5.41, 5.74) is 7.29. The number of hydrogen-bond donors (Lipinski definition) is 1. The molecule has 2 N–H and O–H groups in total. The summed E-state index contributed by atoms with van der Waals surface area (Å²) in [5, 5.41) is 0.762. The molecule has 1 unspecified atom stereocenters. The molecule has 0 spiro atoms. The minimum absolute atomic E-state index is 0.337. The van der Waals surface area contributed by atoms with E-state index in [0.717, 1.165) is 17.3 Å². The second kappa shape index (κ2) is 8.02. The van der Waals surface area contributed by atoms with Gasteiger partial charge in [-0.1, -0.05) is 18.5 Å². The average molecular weight is 311 g/mol. The zero-order chi connectivity index (χ0) is 15.2. The molecule has 1 heterocycles. The van der Waals surface area contributed by atoms with Crippen LogP contribution in [0.5, 0.6) is 5.75 Å². The topological polar surface area (TPSA) is 38.5 Å². The van der Waals surface area contributed by atoms with Gasteiger partial charge in [-0.05, 0) is 70.1 Å². The molecular weight excluding hydrogens is 284 g/mol. The first-order valence-electron chi connectivity index (χ1n) is 8.04. The van der Waals surface area contributed by atoms with E-state index in [-0.39, 0.29) is 0 Å². The highest BCUT2D eigenvalue weighted by atomic mass is 35.5. The molecule has 118 valence electrons. The third-order valence-corrected chi connectivity index (χ3v) is 4.81. The van der Waals surface area contributed by atoms with E-state index in [1.165, 1.54) is 31.5 Å². The molecule has 1 atom stereocenters. The Labute approximate surface area is 133 Å². The number of rotatable bonds is 6. The van der Waals surface area contributed by atoms with Crippen molar-refractivity contribution in [1.29, 1.82) is 0 Å². The summed E-state index contributed by atoms with van der Waals surface area (Å²) in [6, 6.07) is 5.91. The van der Waals surface area contributed by atoms with Gasteiger partial charge in [0.15, 0.2) is 0 Å². The van der Waals surface area contributed by atoms with E-state index in [2.05, 4.69) is 11.8 Å². The molecule has 0 radical (unpaired) electrons. The van der Waals surface area contributed by atoms with E-state index in [9.17, 15) is 0 Å². The van der Waals surface area contributed by atoms with Crippen LogP contribution in [0.2, 0.25) is 5.02 Å². The van der Waals surface area contributed by atoms with Gasteiger partial charge in [0, 0.05) is 16.5 Å². The van der Waals surface area contributed by atoms with Gasteiger partial charge in [0.05, 0.1) is 6.61 Å². The Morgan fingerprint density at radius 1 is 1.33 bits per heavy atom. The maximum absolute atomic E-state index is 6.20. The lowest BCUT2D eigenvalue weighted by molar-refractivity contribution is 0.175. The number of likely N-dealkylation sites (tertiary alicyclic amines) is 1. The van der Waals surface area contributed by atoms with Crippen LogP contribution in [-0.4, -0.2) is 37.7 Å². The SMILES string of the molecule is CCOc1ccc(Cl)cc1C(CN)C1CCN(CC)CC1. The molecule has 1 aliphatic rings. The zero-order valence-electron chi connectivity index (χ0n) is 13.1. The third kappa shape index (κ3) is 4.12. The van der Waals surface area contributed by atoms with Crippen LogP contribution in [0.4, 0.5) is 0 Å². The summed E-state index contributed by atoms with van der Waals surface area (Å²) in [5.74, 6) is 1.90. The number of hydrogen-bond acceptors (Lipinski definition) is 3. The van der Waals surface area contributed by atoms with Gasteiger partial charge in [-0.2, -0.15) is 0 Å². The van der Waals surface area contributed by atoms with Crippen molar-refractivity contribution in [2.45, 2.75) is 32.6 Å². The van der Waals surface area contributed by atoms with Crippen molar-refractivity contribution < 1.29 is 4.74 Å². The molecule has 0 amide bonds. The van der Waals surface area contributed by atoms with Crippen LogP contribution in [0.15, 0.2) is 18.2 Å². The largest absolute Gasteiger partial charge is 0.494 e. The number of halogens is 1. The third-order valence-electron chi connectivity index (χ3n) is 4.57. The van der Waals surface area contributed by atoms with E-state index in [1.54, 1.807) is 0 Å². The zero-order valence-corrected chi connectivity index (χ0v) is 13.9. The Balaban J connectivity index is 2.19. The summed E-state index contributed by atoms with van der Waals surface area (Å²) in [6.07, 6.45) is 2.40. The fourth-order valence-electron chi connectivity index (χ4n) is 3.34. The van der Waals surface area contributed by atoms with Crippen molar-refractivity contribution in [3.8, 4) is 5.75 Å². The van der Waals surface area contributed by atoms with Crippen LogP contribution in [0.1, 0.15) is 38.2 Å². The first kappa shape index (κ1) is 16.6. The van der Waals surface area contributed by atoms with Crippen molar-refractivity contribution in [2.24, 2.45) is 11.7 Å². The normalized spacial score (nSPS) is 18.7. The van der Waals surface area contributed by atoms with Gasteiger partial charge in [0.2, 0.25) is 0 Å². The molecule has 0 aliphatic carbocycles.